The Labute approximate surface area is 192 Å². The molecule has 170 valence electrons. The summed E-state index contributed by atoms with van der Waals surface area (Å²) in [5.41, 5.74) is 3.56. The van der Waals surface area contributed by atoms with Gasteiger partial charge in [0.2, 0.25) is 0 Å². The Morgan fingerprint density at radius 3 is 2.44 bits per heavy atom. The Bertz CT molecular complexity index is 865. The van der Waals surface area contributed by atoms with E-state index in [9.17, 15) is 0 Å². The van der Waals surface area contributed by atoms with E-state index >= 15 is 0 Å². The van der Waals surface area contributed by atoms with Crippen molar-refractivity contribution in [3.05, 3.63) is 83.9 Å². The molecule has 0 saturated heterocycles. The normalized spacial score (nSPS) is 23.2. The van der Waals surface area contributed by atoms with Crippen LogP contribution in [0.2, 0.25) is 0 Å². The average molecular weight is 434 g/mol. The van der Waals surface area contributed by atoms with Crippen LogP contribution in [0, 0.1) is 11.8 Å². The van der Waals surface area contributed by atoms with E-state index in [2.05, 4.69) is 72.8 Å². The molecule has 1 saturated carbocycles. The predicted molar refractivity (Wildman–Crippen MR) is 128 cm³/mol. The second-order valence-corrected chi connectivity index (χ2v) is 8.82. The molecule has 1 fully saturated rings. The highest BCUT2D eigenvalue weighted by molar-refractivity contribution is 5.90. The van der Waals surface area contributed by atoms with Gasteiger partial charge in [0.05, 0.1) is 31.1 Å². The summed E-state index contributed by atoms with van der Waals surface area (Å²) in [7, 11) is 0. The molecule has 0 aromatic heterocycles. The molecule has 0 spiro atoms. The fraction of sp³-hybridized carbons (Fsp3) is 0.464. The fourth-order valence-electron chi connectivity index (χ4n) is 4.55. The molecular weight excluding hydrogens is 398 g/mol. The molecule has 2 aliphatic rings. The quantitative estimate of drug-likeness (QED) is 0.291. The zero-order chi connectivity index (χ0) is 22.0. The molecule has 0 radical (unpaired) electrons. The van der Waals surface area contributed by atoms with Crippen LogP contribution in [0.4, 0.5) is 0 Å². The third-order valence-electron chi connectivity index (χ3n) is 6.42. The van der Waals surface area contributed by atoms with Crippen molar-refractivity contribution in [1.29, 1.82) is 0 Å². The predicted octanol–water partition coefficient (Wildman–Crippen LogP) is 6.32. The highest BCUT2D eigenvalue weighted by atomic mass is 16.6. The van der Waals surface area contributed by atoms with E-state index in [-0.39, 0.29) is 18.1 Å². The maximum atomic E-state index is 6.37. The molecule has 1 aliphatic carbocycles. The monoisotopic (exact) mass is 433 g/mol. The standard InChI is InChI=1S/C28H35NO3/c1-2-3-6-15-24(30-19-22-11-7-4-8-12-22)16-17-25-26-21-32-29-27(26)18-28(25)31-20-23-13-9-5-10-14-23/h4-5,7-14,16-17,24-26,28H,2-3,6,15,18-21H2,1H3/b17-16+/t24-,25?,26?,28+/m0/s1. The van der Waals surface area contributed by atoms with Crippen molar-refractivity contribution >= 4 is 5.71 Å². The van der Waals surface area contributed by atoms with E-state index in [0.29, 0.717) is 25.7 Å². The first kappa shape index (κ1) is 22.8. The number of hydrogen-bond acceptors (Lipinski definition) is 4. The van der Waals surface area contributed by atoms with E-state index in [1.54, 1.807) is 0 Å². The molecule has 2 unspecified atom stereocenters. The van der Waals surface area contributed by atoms with Crippen LogP contribution in [0.25, 0.3) is 0 Å². The van der Waals surface area contributed by atoms with Crippen molar-refractivity contribution in [2.75, 3.05) is 6.61 Å². The summed E-state index contributed by atoms with van der Waals surface area (Å²) < 4.78 is 12.7. The van der Waals surface area contributed by atoms with E-state index in [1.165, 1.54) is 30.4 Å². The number of fused-ring (bicyclic) bond motifs is 1. The number of unbranched alkanes of at least 4 members (excludes halogenated alkanes) is 2. The Balaban J connectivity index is 1.40. The topological polar surface area (TPSA) is 40.0 Å². The lowest BCUT2D eigenvalue weighted by Gasteiger charge is -2.21. The van der Waals surface area contributed by atoms with Crippen molar-refractivity contribution in [2.45, 2.75) is 64.4 Å². The molecule has 2 aromatic rings. The maximum Gasteiger partial charge on any atom is 0.126 e. The van der Waals surface area contributed by atoms with E-state index in [1.807, 2.05) is 12.1 Å². The molecule has 1 heterocycles. The summed E-state index contributed by atoms with van der Waals surface area (Å²) in [5.74, 6) is 0.589. The highest BCUT2D eigenvalue weighted by Crippen LogP contribution is 2.37. The lowest BCUT2D eigenvalue weighted by Crippen LogP contribution is -2.23. The van der Waals surface area contributed by atoms with Crippen LogP contribution in [-0.4, -0.2) is 24.5 Å². The van der Waals surface area contributed by atoms with Crippen LogP contribution >= 0.6 is 0 Å². The second-order valence-electron chi connectivity index (χ2n) is 8.82. The summed E-state index contributed by atoms with van der Waals surface area (Å²) >= 11 is 0. The minimum Gasteiger partial charge on any atom is -0.395 e. The van der Waals surface area contributed by atoms with Gasteiger partial charge in [-0.3, -0.25) is 0 Å². The van der Waals surface area contributed by atoms with Gasteiger partial charge in [-0.15, -0.1) is 0 Å². The van der Waals surface area contributed by atoms with Gasteiger partial charge < -0.3 is 14.3 Å². The van der Waals surface area contributed by atoms with Gasteiger partial charge in [-0.25, -0.2) is 0 Å². The summed E-state index contributed by atoms with van der Waals surface area (Å²) in [6.07, 6.45) is 10.3. The first-order valence-electron chi connectivity index (χ1n) is 12.0. The van der Waals surface area contributed by atoms with Crippen LogP contribution in [0.15, 0.2) is 78.0 Å². The molecule has 4 nitrogen and oxygen atoms in total. The van der Waals surface area contributed by atoms with Crippen LogP contribution < -0.4 is 0 Å². The van der Waals surface area contributed by atoms with Crippen LogP contribution in [0.3, 0.4) is 0 Å². The molecule has 0 N–H and O–H groups in total. The largest absolute Gasteiger partial charge is 0.395 e. The molecule has 2 aromatic carbocycles. The zero-order valence-electron chi connectivity index (χ0n) is 19.1. The van der Waals surface area contributed by atoms with Gasteiger partial charge in [0, 0.05) is 18.3 Å². The minimum absolute atomic E-state index is 0.111. The van der Waals surface area contributed by atoms with Crippen molar-refractivity contribution < 1.29 is 14.3 Å². The lowest BCUT2D eigenvalue weighted by molar-refractivity contribution is 0.0120. The molecule has 4 atom stereocenters. The summed E-state index contributed by atoms with van der Waals surface area (Å²) in [6, 6.07) is 20.8. The average Bonchev–Trinajstić information content (AvgIpc) is 3.42. The zero-order valence-corrected chi connectivity index (χ0v) is 19.1. The minimum atomic E-state index is 0.111. The number of hydrogen-bond donors (Lipinski definition) is 0. The molecule has 0 bridgehead atoms. The maximum absolute atomic E-state index is 6.37. The Kier molecular flexibility index (Phi) is 8.52. The summed E-state index contributed by atoms with van der Waals surface area (Å²) in [6.45, 7) is 4.16. The first-order chi connectivity index (χ1) is 15.8. The second kappa shape index (κ2) is 12.0. The third kappa shape index (κ3) is 6.30. The van der Waals surface area contributed by atoms with Crippen LogP contribution in [-0.2, 0) is 27.5 Å². The van der Waals surface area contributed by atoms with Gasteiger partial charge in [0.1, 0.15) is 6.61 Å². The molecule has 4 rings (SSSR count). The fourth-order valence-corrected chi connectivity index (χ4v) is 4.55. The number of nitrogens with zero attached hydrogens (tertiary/aromatic N) is 1. The van der Waals surface area contributed by atoms with Gasteiger partial charge in [-0.05, 0) is 17.5 Å². The van der Waals surface area contributed by atoms with Crippen LogP contribution in [0.1, 0.15) is 50.2 Å². The van der Waals surface area contributed by atoms with Gasteiger partial charge in [-0.1, -0.05) is 104 Å². The van der Waals surface area contributed by atoms with Gasteiger partial charge >= 0.3 is 0 Å². The first-order valence-corrected chi connectivity index (χ1v) is 12.0. The van der Waals surface area contributed by atoms with Crippen LogP contribution in [0.5, 0.6) is 0 Å². The van der Waals surface area contributed by atoms with Gasteiger partial charge in [0.25, 0.3) is 0 Å². The van der Waals surface area contributed by atoms with E-state index in [4.69, 9.17) is 14.3 Å². The summed E-state index contributed by atoms with van der Waals surface area (Å²) in [5, 5.41) is 4.29. The summed E-state index contributed by atoms with van der Waals surface area (Å²) in [4.78, 5) is 5.41. The number of oxime groups is 1. The van der Waals surface area contributed by atoms with Crippen molar-refractivity contribution in [2.24, 2.45) is 17.0 Å². The van der Waals surface area contributed by atoms with E-state index < -0.39 is 0 Å². The van der Waals surface area contributed by atoms with Gasteiger partial charge in [0.15, 0.2) is 0 Å². The Morgan fingerprint density at radius 2 is 1.72 bits per heavy atom. The smallest absolute Gasteiger partial charge is 0.126 e. The number of ether oxygens (including phenoxy) is 2. The van der Waals surface area contributed by atoms with Crippen molar-refractivity contribution in [3.63, 3.8) is 0 Å². The number of benzene rings is 2. The van der Waals surface area contributed by atoms with Gasteiger partial charge in [-0.2, -0.15) is 0 Å². The van der Waals surface area contributed by atoms with E-state index in [0.717, 1.165) is 18.6 Å². The molecule has 32 heavy (non-hydrogen) atoms. The molecule has 1 aliphatic heterocycles. The third-order valence-corrected chi connectivity index (χ3v) is 6.42. The molecule has 0 amide bonds. The SMILES string of the molecule is CCCCC[C@@H](/C=C/C1C2CON=C2C[C@H]1OCc1ccccc1)OCc1ccccc1. The number of rotatable bonds is 12. The molecular formula is C28H35NO3. The lowest BCUT2D eigenvalue weighted by atomic mass is 9.93. The molecule has 4 heteroatoms. The van der Waals surface area contributed by atoms with Crippen molar-refractivity contribution in [1.82, 2.24) is 0 Å². The Hall–Kier alpha value is -2.43. The Morgan fingerprint density at radius 1 is 1.00 bits per heavy atom. The highest BCUT2D eigenvalue weighted by Gasteiger charge is 2.43. The van der Waals surface area contributed by atoms with Crippen molar-refractivity contribution in [3.8, 4) is 0 Å².